The van der Waals surface area contributed by atoms with Crippen LogP contribution in [0.25, 0.3) is 10.6 Å². The molecule has 8 heteroatoms. The maximum atomic E-state index is 11.9. The molecule has 0 radical (unpaired) electrons. The fraction of sp³-hybridized carbons (Fsp3) is 0.550. The smallest absolute Gasteiger partial charge is 0.222 e. The Bertz CT molecular complexity index is 813. The first-order chi connectivity index (χ1) is 13.6. The van der Waals surface area contributed by atoms with Gasteiger partial charge in [0.2, 0.25) is 5.91 Å². The number of aromatic nitrogens is 1. The van der Waals surface area contributed by atoms with E-state index in [1.165, 1.54) is 9.75 Å². The van der Waals surface area contributed by atoms with Crippen molar-refractivity contribution in [3.05, 3.63) is 27.4 Å². The molecule has 0 aromatic carbocycles. The summed E-state index contributed by atoms with van der Waals surface area (Å²) in [6.07, 6.45) is 2.46. The Balaban J connectivity index is 1.52. The second kappa shape index (κ2) is 10.0. The number of amides is 1. The molecule has 1 amide bonds. The molecule has 2 aromatic heterocycles. The zero-order valence-corrected chi connectivity index (χ0v) is 18.5. The summed E-state index contributed by atoms with van der Waals surface area (Å²) in [6, 6.07) is 4.60. The van der Waals surface area contributed by atoms with Crippen molar-refractivity contribution < 1.29 is 4.79 Å². The summed E-state index contributed by atoms with van der Waals surface area (Å²) >= 11 is 3.48. The number of thiazole rings is 1. The van der Waals surface area contributed by atoms with E-state index < -0.39 is 0 Å². The molecule has 0 saturated carbocycles. The van der Waals surface area contributed by atoms with Crippen molar-refractivity contribution >= 4 is 34.5 Å². The number of hydrogen-bond acceptors (Lipinski definition) is 5. The van der Waals surface area contributed by atoms with Crippen molar-refractivity contribution in [2.75, 3.05) is 26.2 Å². The molecule has 1 saturated heterocycles. The molecule has 1 aliphatic heterocycles. The molecule has 2 N–H and O–H groups in total. The van der Waals surface area contributed by atoms with Gasteiger partial charge in [-0.3, -0.25) is 9.79 Å². The average molecular weight is 420 g/mol. The van der Waals surface area contributed by atoms with Gasteiger partial charge in [0.05, 0.1) is 15.6 Å². The number of carbonyl (C=O) groups is 1. The second-order valence-electron chi connectivity index (χ2n) is 6.85. The van der Waals surface area contributed by atoms with E-state index in [9.17, 15) is 4.79 Å². The van der Waals surface area contributed by atoms with Crippen LogP contribution in [-0.2, 0) is 11.2 Å². The van der Waals surface area contributed by atoms with Crippen LogP contribution >= 0.6 is 22.7 Å². The number of nitrogens with one attached hydrogen (secondary N) is 2. The topological polar surface area (TPSA) is 69.6 Å². The summed E-state index contributed by atoms with van der Waals surface area (Å²) in [7, 11) is 0. The Morgan fingerprint density at radius 1 is 1.39 bits per heavy atom. The van der Waals surface area contributed by atoms with E-state index in [0.29, 0.717) is 6.42 Å². The number of thiophene rings is 1. The van der Waals surface area contributed by atoms with Crippen molar-refractivity contribution in [2.45, 2.75) is 46.1 Å². The molecule has 1 atom stereocenters. The van der Waals surface area contributed by atoms with Gasteiger partial charge in [-0.25, -0.2) is 4.98 Å². The number of hydrogen-bond donors (Lipinski definition) is 2. The van der Waals surface area contributed by atoms with E-state index in [4.69, 9.17) is 4.99 Å². The van der Waals surface area contributed by atoms with Crippen molar-refractivity contribution in [3.8, 4) is 10.6 Å². The van der Waals surface area contributed by atoms with Crippen LogP contribution in [0, 0.1) is 6.92 Å². The van der Waals surface area contributed by atoms with E-state index in [-0.39, 0.29) is 11.9 Å². The van der Waals surface area contributed by atoms with Crippen molar-refractivity contribution in [3.63, 3.8) is 0 Å². The highest BCUT2D eigenvalue weighted by molar-refractivity contribution is 7.16. The van der Waals surface area contributed by atoms with Gasteiger partial charge in [0.15, 0.2) is 5.96 Å². The fourth-order valence-corrected chi connectivity index (χ4v) is 4.89. The highest BCUT2D eigenvalue weighted by atomic mass is 32.1. The minimum Gasteiger partial charge on any atom is -0.357 e. The lowest BCUT2D eigenvalue weighted by Gasteiger charge is -2.18. The maximum Gasteiger partial charge on any atom is 0.222 e. The molecule has 1 aliphatic rings. The van der Waals surface area contributed by atoms with Gasteiger partial charge >= 0.3 is 0 Å². The summed E-state index contributed by atoms with van der Waals surface area (Å²) in [4.78, 5) is 25.6. The first-order valence-electron chi connectivity index (χ1n) is 9.92. The molecular weight excluding hydrogens is 390 g/mol. The minimum absolute atomic E-state index is 0.232. The highest BCUT2D eigenvalue weighted by Crippen LogP contribution is 2.29. The van der Waals surface area contributed by atoms with Crippen LogP contribution < -0.4 is 10.6 Å². The normalized spacial score (nSPS) is 17.2. The van der Waals surface area contributed by atoms with Crippen molar-refractivity contribution in [2.24, 2.45) is 4.99 Å². The molecule has 28 heavy (non-hydrogen) atoms. The van der Waals surface area contributed by atoms with Crippen LogP contribution in [-0.4, -0.2) is 54.0 Å². The minimum atomic E-state index is 0.232. The predicted molar refractivity (Wildman–Crippen MR) is 118 cm³/mol. The lowest BCUT2D eigenvalue weighted by Crippen LogP contribution is -2.45. The first kappa shape index (κ1) is 20.8. The molecular formula is C20H29N5OS2. The lowest BCUT2D eigenvalue weighted by molar-refractivity contribution is -0.129. The summed E-state index contributed by atoms with van der Waals surface area (Å²) in [5, 5.41) is 10.0. The zero-order chi connectivity index (χ0) is 19.9. The zero-order valence-electron chi connectivity index (χ0n) is 16.8. The number of aryl methyl sites for hydroxylation is 1. The van der Waals surface area contributed by atoms with Crippen molar-refractivity contribution in [1.82, 2.24) is 20.5 Å². The van der Waals surface area contributed by atoms with Crippen LogP contribution in [0.15, 0.2) is 22.5 Å². The third kappa shape index (κ3) is 5.54. The molecule has 2 aromatic rings. The van der Waals surface area contributed by atoms with E-state index in [2.05, 4.69) is 40.1 Å². The van der Waals surface area contributed by atoms with Gasteiger partial charge in [-0.05, 0) is 32.4 Å². The van der Waals surface area contributed by atoms with Gasteiger partial charge in [0.1, 0.15) is 0 Å². The largest absolute Gasteiger partial charge is 0.357 e. The van der Waals surface area contributed by atoms with Crippen LogP contribution in [0.4, 0.5) is 0 Å². The third-order valence-electron chi connectivity index (χ3n) is 4.69. The molecule has 1 fully saturated rings. The Hall–Kier alpha value is -1.93. The summed E-state index contributed by atoms with van der Waals surface area (Å²) in [6.45, 7) is 9.17. The Morgan fingerprint density at radius 3 is 2.96 bits per heavy atom. The molecule has 1 unspecified atom stereocenters. The van der Waals surface area contributed by atoms with E-state index >= 15 is 0 Å². The number of likely N-dealkylation sites (tertiary alicyclic amines) is 1. The molecule has 0 bridgehead atoms. The van der Waals surface area contributed by atoms with Crippen LogP contribution in [0.5, 0.6) is 0 Å². The molecule has 0 spiro atoms. The maximum absolute atomic E-state index is 11.9. The summed E-state index contributed by atoms with van der Waals surface area (Å²) < 4.78 is 0. The molecule has 6 nitrogen and oxygen atoms in total. The van der Waals surface area contributed by atoms with Crippen LogP contribution in [0.1, 0.15) is 36.6 Å². The molecule has 3 heterocycles. The van der Waals surface area contributed by atoms with Crippen LogP contribution in [0.2, 0.25) is 0 Å². The quantitative estimate of drug-likeness (QED) is 0.534. The van der Waals surface area contributed by atoms with Gasteiger partial charge < -0.3 is 15.5 Å². The predicted octanol–water partition coefficient (Wildman–Crippen LogP) is 3.29. The Kier molecular flexibility index (Phi) is 7.44. The Labute approximate surface area is 175 Å². The van der Waals surface area contributed by atoms with Gasteiger partial charge in [-0.15, -0.1) is 22.7 Å². The monoisotopic (exact) mass is 419 g/mol. The number of carbonyl (C=O) groups excluding carboxylic acids is 1. The average Bonchev–Trinajstić information content (AvgIpc) is 3.42. The molecule has 152 valence electrons. The number of aliphatic imine (C=N–C) groups is 1. The standard InChI is InChI=1S/C20H29N5OS2/c1-4-19(26)25-11-9-15(12-25)24-20(21-5-2)22-10-8-16-6-7-18(28-16)17-13-27-14(3)23-17/h6-7,13,15H,4-5,8-12H2,1-3H3,(H2,21,22,24). The highest BCUT2D eigenvalue weighted by Gasteiger charge is 2.25. The first-order valence-corrected chi connectivity index (χ1v) is 11.6. The second-order valence-corrected chi connectivity index (χ2v) is 9.08. The lowest BCUT2D eigenvalue weighted by atomic mass is 10.3. The number of guanidine groups is 1. The SMILES string of the molecule is CCNC(=NCCc1ccc(-c2csc(C)n2)s1)NC1CCN(C(=O)CC)C1. The van der Waals surface area contributed by atoms with Crippen molar-refractivity contribution in [1.29, 1.82) is 0 Å². The van der Waals surface area contributed by atoms with E-state index in [1.54, 1.807) is 22.7 Å². The summed E-state index contributed by atoms with van der Waals surface area (Å²) in [5.41, 5.74) is 1.07. The van der Waals surface area contributed by atoms with E-state index in [1.807, 2.05) is 18.7 Å². The number of nitrogens with zero attached hydrogens (tertiary/aromatic N) is 3. The summed E-state index contributed by atoms with van der Waals surface area (Å²) in [5.74, 6) is 1.07. The third-order valence-corrected chi connectivity index (χ3v) is 6.63. The van der Waals surface area contributed by atoms with Gasteiger partial charge in [-0.1, -0.05) is 6.92 Å². The molecule has 3 rings (SSSR count). The van der Waals surface area contributed by atoms with Gasteiger partial charge in [0.25, 0.3) is 0 Å². The fourth-order valence-electron chi connectivity index (χ4n) is 3.25. The number of rotatable bonds is 7. The molecule has 0 aliphatic carbocycles. The Morgan fingerprint density at radius 2 is 2.25 bits per heavy atom. The van der Waals surface area contributed by atoms with Crippen LogP contribution in [0.3, 0.4) is 0 Å². The van der Waals surface area contributed by atoms with E-state index in [0.717, 1.165) is 55.7 Å². The van der Waals surface area contributed by atoms with Gasteiger partial charge in [-0.2, -0.15) is 0 Å². The van der Waals surface area contributed by atoms with Gasteiger partial charge in [0, 0.05) is 55.3 Å².